The first-order valence-corrected chi connectivity index (χ1v) is 9.65. The number of carbonyl (C=O) groups excluding carboxylic acids is 1. The number of fused-ring (bicyclic) bond motifs is 6. The Kier molecular flexibility index (Phi) is 3.69. The van der Waals surface area contributed by atoms with Crippen molar-refractivity contribution >= 4 is 5.78 Å². The number of rotatable bonds is 2. The standard InChI is InChI=1S/C20H30O6/c1-10(2)12-7-15(22)18(4)6-5-17(3)14(19(12,18)24)8-13-11(9-21)16(23)20(17,25)26-13/h7,10-11,13-14,16,21,23-25H,5-6,8-9H2,1-4H3/t11-,13-,14+,16-,17-,18+,19-,20-/m1/s1. The van der Waals surface area contributed by atoms with Gasteiger partial charge in [0.25, 0.3) is 0 Å². The van der Waals surface area contributed by atoms with Crippen LogP contribution in [0.3, 0.4) is 0 Å². The third kappa shape index (κ3) is 1.74. The number of ether oxygens (including phenoxy) is 1. The highest BCUT2D eigenvalue weighted by molar-refractivity contribution is 6.00. The van der Waals surface area contributed by atoms with Gasteiger partial charge in [-0.1, -0.05) is 20.8 Å². The molecule has 2 aliphatic heterocycles. The van der Waals surface area contributed by atoms with Crippen molar-refractivity contribution in [3.05, 3.63) is 11.6 Å². The number of hydrogen-bond donors (Lipinski definition) is 4. The molecule has 2 heterocycles. The second-order valence-electron chi connectivity index (χ2n) is 9.57. The first kappa shape index (κ1) is 18.6. The van der Waals surface area contributed by atoms with Crippen molar-refractivity contribution in [2.24, 2.45) is 28.6 Å². The summed E-state index contributed by atoms with van der Waals surface area (Å²) in [6.45, 7) is 7.29. The maximum Gasteiger partial charge on any atom is 0.198 e. The van der Waals surface area contributed by atoms with Crippen molar-refractivity contribution in [3.8, 4) is 0 Å². The van der Waals surface area contributed by atoms with Crippen molar-refractivity contribution in [2.45, 2.75) is 70.6 Å². The number of aliphatic hydroxyl groups is 4. The molecule has 3 fully saturated rings. The van der Waals surface area contributed by atoms with E-state index in [0.29, 0.717) is 24.8 Å². The van der Waals surface area contributed by atoms with Crippen molar-refractivity contribution in [2.75, 3.05) is 6.61 Å². The Morgan fingerprint density at radius 3 is 2.50 bits per heavy atom. The van der Waals surface area contributed by atoms with Gasteiger partial charge in [-0.2, -0.15) is 0 Å². The molecule has 0 unspecified atom stereocenters. The van der Waals surface area contributed by atoms with Gasteiger partial charge >= 0.3 is 0 Å². The first-order chi connectivity index (χ1) is 12.0. The molecule has 4 aliphatic rings. The molecule has 2 aliphatic carbocycles. The van der Waals surface area contributed by atoms with Crippen LogP contribution >= 0.6 is 0 Å². The number of hydrogen-bond acceptors (Lipinski definition) is 6. The molecule has 0 amide bonds. The Morgan fingerprint density at radius 1 is 1.27 bits per heavy atom. The SMILES string of the molecule is CC(C)C1=CC(=O)[C@]2(C)CC[C@]3(C)[C@H](C[C@H]4O[C@]3(O)[C@H](O)[C@@H]4CO)[C@]12O. The molecule has 8 atom stereocenters. The fourth-order valence-electron chi connectivity index (χ4n) is 6.45. The third-order valence-electron chi connectivity index (χ3n) is 8.26. The quantitative estimate of drug-likeness (QED) is 0.575. The van der Waals surface area contributed by atoms with E-state index in [1.54, 1.807) is 6.08 Å². The normalized spacial score (nSPS) is 55.7. The number of carbonyl (C=O) groups is 1. The molecule has 146 valence electrons. The minimum Gasteiger partial charge on any atom is -0.396 e. The summed E-state index contributed by atoms with van der Waals surface area (Å²) in [5.41, 5.74) is -2.52. The topological polar surface area (TPSA) is 107 Å². The minimum atomic E-state index is -1.83. The van der Waals surface area contributed by atoms with Crippen LogP contribution in [0, 0.1) is 28.6 Å². The summed E-state index contributed by atoms with van der Waals surface area (Å²) in [4.78, 5) is 12.9. The molecule has 0 spiro atoms. The number of allylic oxidation sites excluding steroid dienone is 1. The van der Waals surface area contributed by atoms with Crippen LogP contribution in [0.4, 0.5) is 0 Å². The Hall–Kier alpha value is -0.790. The van der Waals surface area contributed by atoms with E-state index in [4.69, 9.17) is 4.74 Å². The van der Waals surface area contributed by atoms with Crippen molar-refractivity contribution in [3.63, 3.8) is 0 Å². The van der Waals surface area contributed by atoms with E-state index in [2.05, 4.69) is 0 Å². The minimum absolute atomic E-state index is 0.0122. The first-order valence-electron chi connectivity index (χ1n) is 9.65. The second kappa shape index (κ2) is 5.17. The molecule has 4 rings (SSSR count). The van der Waals surface area contributed by atoms with Crippen LogP contribution in [0.5, 0.6) is 0 Å². The Bertz CT molecular complexity index is 688. The van der Waals surface area contributed by atoms with E-state index in [9.17, 15) is 25.2 Å². The second-order valence-corrected chi connectivity index (χ2v) is 9.57. The predicted molar refractivity (Wildman–Crippen MR) is 92.8 cm³/mol. The average Bonchev–Trinajstić information content (AvgIpc) is 2.92. The molecule has 0 aromatic carbocycles. The van der Waals surface area contributed by atoms with E-state index in [1.807, 2.05) is 27.7 Å². The Balaban J connectivity index is 1.89. The summed E-state index contributed by atoms with van der Waals surface area (Å²) < 4.78 is 5.85. The molecule has 6 nitrogen and oxygen atoms in total. The molecule has 6 heteroatoms. The van der Waals surface area contributed by atoms with Crippen LogP contribution in [-0.4, -0.2) is 56.4 Å². The molecular formula is C20H30O6. The Morgan fingerprint density at radius 2 is 1.92 bits per heavy atom. The summed E-state index contributed by atoms with van der Waals surface area (Å²) in [6.07, 6.45) is 1.09. The lowest BCUT2D eigenvalue weighted by molar-refractivity contribution is -0.355. The van der Waals surface area contributed by atoms with Gasteiger partial charge in [0, 0.05) is 17.3 Å². The maximum atomic E-state index is 12.9. The number of aliphatic hydroxyl groups excluding tert-OH is 2. The zero-order valence-electron chi connectivity index (χ0n) is 15.9. The molecule has 2 saturated heterocycles. The van der Waals surface area contributed by atoms with Gasteiger partial charge in [0.2, 0.25) is 0 Å². The van der Waals surface area contributed by atoms with Gasteiger partial charge in [-0.15, -0.1) is 0 Å². The summed E-state index contributed by atoms with van der Waals surface area (Å²) in [5, 5.41) is 43.9. The van der Waals surface area contributed by atoms with Gasteiger partial charge in [0.05, 0.1) is 18.1 Å². The molecule has 2 bridgehead atoms. The van der Waals surface area contributed by atoms with E-state index < -0.39 is 46.3 Å². The maximum absolute atomic E-state index is 12.9. The lowest BCUT2D eigenvalue weighted by atomic mass is 9.46. The molecule has 4 N–H and O–H groups in total. The monoisotopic (exact) mass is 366 g/mol. The average molecular weight is 366 g/mol. The smallest absolute Gasteiger partial charge is 0.198 e. The summed E-state index contributed by atoms with van der Waals surface area (Å²) in [6, 6.07) is 0. The van der Waals surface area contributed by atoms with E-state index in [0.717, 1.165) is 0 Å². The van der Waals surface area contributed by atoms with E-state index in [-0.39, 0.29) is 18.3 Å². The molecule has 0 aromatic heterocycles. The highest BCUT2D eigenvalue weighted by Crippen LogP contribution is 2.70. The van der Waals surface area contributed by atoms with Gasteiger partial charge in [-0.25, -0.2) is 0 Å². The van der Waals surface area contributed by atoms with Crippen LogP contribution < -0.4 is 0 Å². The summed E-state index contributed by atoms with van der Waals surface area (Å²) in [7, 11) is 0. The van der Waals surface area contributed by atoms with Gasteiger partial charge in [-0.05, 0) is 43.8 Å². The molecule has 0 radical (unpaired) electrons. The van der Waals surface area contributed by atoms with Crippen molar-refractivity contribution in [1.82, 2.24) is 0 Å². The van der Waals surface area contributed by atoms with Crippen LogP contribution in [-0.2, 0) is 9.53 Å². The van der Waals surface area contributed by atoms with Gasteiger partial charge in [0.15, 0.2) is 11.6 Å². The van der Waals surface area contributed by atoms with Gasteiger partial charge < -0.3 is 25.2 Å². The summed E-state index contributed by atoms with van der Waals surface area (Å²) in [5.74, 6) is -2.94. The third-order valence-corrected chi connectivity index (χ3v) is 8.26. The summed E-state index contributed by atoms with van der Waals surface area (Å²) >= 11 is 0. The van der Waals surface area contributed by atoms with E-state index in [1.165, 1.54) is 0 Å². The zero-order chi connectivity index (χ0) is 19.3. The Labute approximate surface area is 153 Å². The zero-order valence-corrected chi connectivity index (χ0v) is 15.9. The molecule has 26 heavy (non-hydrogen) atoms. The molecule has 1 saturated carbocycles. The molecular weight excluding hydrogens is 336 g/mol. The fraction of sp³-hybridized carbons (Fsp3) is 0.850. The van der Waals surface area contributed by atoms with Crippen LogP contribution in [0.2, 0.25) is 0 Å². The fourth-order valence-corrected chi connectivity index (χ4v) is 6.45. The lowest BCUT2D eigenvalue weighted by Gasteiger charge is -2.63. The molecule has 0 aromatic rings. The van der Waals surface area contributed by atoms with Crippen LogP contribution in [0.15, 0.2) is 11.6 Å². The highest BCUT2D eigenvalue weighted by Gasteiger charge is 2.77. The predicted octanol–water partition coefficient (Wildman–Crippen LogP) is 0.766. The largest absolute Gasteiger partial charge is 0.396 e. The van der Waals surface area contributed by atoms with Gasteiger partial charge in [0.1, 0.15) is 11.7 Å². The highest BCUT2D eigenvalue weighted by atomic mass is 16.7. The van der Waals surface area contributed by atoms with Crippen LogP contribution in [0.1, 0.15) is 47.0 Å². The number of ketones is 1. The lowest BCUT2D eigenvalue weighted by Crippen LogP contribution is -2.70. The van der Waals surface area contributed by atoms with Crippen LogP contribution in [0.25, 0.3) is 0 Å². The van der Waals surface area contributed by atoms with Gasteiger partial charge in [-0.3, -0.25) is 4.79 Å². The van der Waals surface area contributed by atoms with Crippen molar-refractivity contribution < 1.29 is 30.0 Å². The van der Waals surface area contributed by atoms with Crippen molar-refractivity contribution in [1.29, 1.82) is 0 Å². The van der Waals surface area contributed by atoms with E-state index >= 15 is 0 Å².